The minimum absolute atomic E-state index is 0.00496. The Labute approximate surface area is 186 Å². The lowest BCUT2D eigenvalue weighted by Crippen LogP contribution is -2.36. The molecular formula is C25H29BrN2O2. The van der Waals surface area contributed by atoms with Gasteiger partial charge in [-0.1, -0.05) is 67.4 Å². The molecule has 2 aromatic carbocycles. The molecule has 30 heavy (non-hydrogen) atoms. The predicted molar refractivity (Wildman–Crippen MR) is 124 cm³/mol. The Morgan fingerprint density at radius 2 is 2.00 bits per heavy atom. The maximum Gasteiger partial charge on any atom is 0.326 e. The van der Waals surface area contributed by atoms with Crippen LogP contribution in [0.5, 0.6) is 0 Å². The van der Waals surface area contributed by atoms with Crippen molar-refractivity contribution in [1.29, 1.82) is 0 Å². The number of aromatic nitrogens is 2. The van der Waals surface area contributed by atoms with E-state index in [0.29, 0.717) is 17.8 Å². The minimum atomic E-state index is -0.181. The second kappa shape index (κ2) is 8.93. The molecule has 0 radical (unpaired) electrons. The van der Waals surface area contributed by atoms with Crippen molar-refractivity contribution in [3.63, 3.8) is 0 Å². The van der Waals surface area contributed by atoms with Gasteiger partial charge in [-0.15, -0.1) is 0 Å². The molecule has 1 aromatic heterocycles. The number of hydrogen-bond donors (Lipinski definition) is 0. The summed E-state index contributed by atoms with van der Waals surface area (Å²) in [5, 5.41) is 0. The molecule has 0 bridgehead atoms. The van der Waals surface area contributed by atoms with E-state index in [2.05, 4.69) is 36.7 Å². The van der Waals surface area contributed by atoms with Gasteiger partial charge < -0.3 is 9.30 Å². The van der Waals surface area contributed by atoms with E-state index in [-0.39, 0.29) is 18.6 Å². The number of fused-ring (bicyclic) bond motifs is 1. The first kappa shape index (κ1) is 21.1. The molecule has 3 atom stereocenters. The number of hydrogen-bond acceptors (Lipinski definition) is 3. The smallest absolute Gasteiger partial charge is 0.326 e. The predicted octanol–water partition coefficient (Wildman–Crippen LogP) is 6.47. The first-order valence-electron chi connectivity index (χ1n) is 10.8. The number of rotatable bonds is 5. The molecule has 1 aliphatic rings. The molecular weight excluding hydrogens is 440 g/mol. The largest absolute Gasteiger partial charge is 0.461 e. The quantitative estimate of drug-likeness (QED) is 0.403. The summed E-state index contributed by atoms with van der Waals surface area (Å²) in [5.41, 5.74) is 2.80. The van der Waals surface area contributed by atoms with Crippen LogP contribution in [0.2, 0.25) is 0 Å². The number of carbonyl (C=O) groups excluding carboxylic acids is 1. The van der Waals surface area contributed by atoms with Crippen LogP contribution in [-0.2, 0) is 16.1 Å². The van der Waals surface area contributed by atoms with Crippen LogP contribution in [0.4, 0.5) is 0 Å². The number of carbonyl (C=O) groups is 1. The summed E-state index contributed by atoms with van der Waals surface area (Å²) >= 11 is 3.54. The van der Waals surface area contributed by atoms with Gasteiger partial charge in [-0.05, 0) is 54.9 Å². The molecule has 1 aliphatic carbocycles. The second-order valence-corrected chi connectivity index (χ2v) is 9.79. The van der Waals surface area contributed by atoms with Crippen molar-refractivity contribution in [2.45, 2.75) is 52.7 Å². The van der Waals surface area contributed by atoms with E-state index in [1.807, 2.05) is 53.1 Å². The molecule has 0 saturated heterocycles. The Balaban J connectivity index is 1.63. The zero-order chi connectivity index (χ0) is 21.3. The molecule has 0 amide bonds. The highest BCUT2D eigenvalue weighted by molar-refractivity contribution is 9.10. The monoisotopic (exact) mass is 468 g/mol. The molecule has 4 rings (SSSR count). The van der Waals surface area contributed by atoms with Crippen LogP contribution < -0.4 is 0 Å². The van der Waals surface area contributed by atoms with Gasteiger partial charge in [0.15, 0.2) is 0 Å². The molecule has 0 N–H and O–H groups in total. The van der Waals surface area contributed by atoms with Crippen LogP contribution in [0.1, 0.15) is 40.0 Å². The lowest BCUT2D eigenvalue weighted by molar-refractivity contribution is -0.156. The molecule has 1 heterocycles. The summed E-state index contributed by atoms with van der Waals surface area (Å²) in [6, 6.07) is 16.0. The summed E-state index contributed by atoms with van der Waals surface area (Å²) in [4.78, 5) is 17.9. The van der Waals surface area contributed by atoms with Crippen molar-refractivity contribution in [2.24, 2.45) is 17.8 Å². The van der Waals surface area contributed by atoms with E-state index in [9.17, 15) is 4.79 Å². The van der Waals surface area contributed by atoms with Gasteiger partial charge in [-0.3, -0.25) is 4.79 Å². The molecule has 5 heteroatoms. The van der Waals surface area contributed by atoms with E-state index >= 15 is 0 Å². The Kier molecular flexibility index (Phi) is 6.28. The highest BCUT2D eigenvalue weighted by Crippen LogP contribution is 2.35. The third-order valence-electron chi connectivity index (χ3n) is 6.27. The lowest BCUT2D eigenvalue weighted by Gasteiger charge is -2.36. The average Bonchev–Trinajstić information content (AvgIpc) is 3.06. The van der Waals surface area contributed by atoms with Crippen molar-refractivity contribution >= 4 is 32.9 Å². The van der Waals surface area contributed by atoms with Crippen molar-refractivity contribution in [1.82, 2.24) is 9.55 Å². The van der Waals surface area contributed by atoms with Gasteiger partial charge in [0.05, 0.1) is 11.0 Å². The Hall–Kier alpha value is -2.14. The maximum absolute atomic E-state index is 13.1. The fraction of sp³-hybridized carbons (Fsp3) is 0.440. The van der Waals surface area contributed by atoms with E-state index in [1.165, 1.54) is 6.42 Å². The third kappa shape index (κ3) is 4.46. The number of halogens is 1. The summed E-state index contributed by atoms with van der Waals surface area (Å²) in [7, 11) is 0. The Morgan fingerprint density at radius 3 is 2.77 bits per heavy atom. The minimum Gasteiger partial charge on any atom is -0.461 e. The van der Waals surface area contributed by atoms with Crippen LogP contribution in [-0.4, -0.2) is 21.6 Å². The summed E-state index contributed by atoms with van der Waals surface area (Å²) < 4.78 is 9.04. The van der Waals surface area contributed by atoms with Crippen molar-refractivity contribution in [3.05, 3.63) is 53.0 Å². The van der Waals surface area contributed by atoms with E-state index in [4.69, 9.17) is 9.72 Å². The highest BCUT2D eigenvalue weighted by atomic mass is 79.9. The van der Waals surface area contributed by atoms with Gasteiger partial charge in [0, 0.05) is 10.0 Å². The normalized spacial score (nSPS) is 21.8. The van der Waals surface area contributed by atoms with Gasteiger partial charge in [0.1, 0.15) is 18.5 Å². The van der Waals surface area contributed by atoms with Crippen molar-refractivity contribution in [3.8, 4) is 11.4 Å². The summed E-state index contributed by atoms with van der Waals surface area (Å²) in [6.45, 7) is 6.89. The molecule has 158 valence electrons. The number of benzene rings is 2. The van der Waals surface area contributed by atoms with Gasteiger partial charge in [0.2, 0.25) is 0 Å². The number of ether oxygens (including phenoxy) is 1. The number of para-hydroxylation sites is 2. The molecule has 4 nitrogen and oxygen atoms in total. The Morgan fingerprint density at radius 1 is 1.20 bits per heavy atom. The number of nitrogens with zero attached hydrogens (tertiary/aromatic N) is 2. The van der Waals surface area contributed by atoms with Crippen LogP contribution in [0.25, 0.3) is 22.4 Å². The van der Waals surface area contributed by atoms with E-state index in [1.54, 1.807) is 0 Å². The summed E-state index contributed by atoms with van der Waals surface area (Å²) in [6.07, 6.45) is 3.31. The fourth-order valence-corrected chi connectivity index (χ4v) is 5.07. The molecule has 3 aromatic rings. The van der Waals surface area contributed by atoms with Crippen LogP contribution >= 0.6 is 15.9 Å². The van der Waals surface area contributed by atoms with Crippen LogP contribution in [0.3, 0.4) is 0 Å². The van der Waals surface area contributed by atoms with Crippen molar-refractivity contribution in [2.75, 3.05) is 0 Å². The van der Waals surface area contributed by atoms with Gasteiger partial charge >= 0.3 is 5.97 Å². The first-order valence-corrected chi connectivity index (χ1v) is 11.6. The summed E-state index contributed by atoms with van der Waals surface area (Å²) in [5.74, 6) is 2.16. The number of esters is 1. The Bertz CT molecular complexity index is 1040. The lowest BCUT2D eigenvalue weighted by atomic mass is 9.75. The van der Waals surface area contributed by atoms with E-state index < -0.39 is 0 Å². The highest BCUT2D eigenvalue weighted by Gasteiger charge is 2.33. The molecule has 2 unspecified atom stereocenters. The maximum atomic E-state index is 13.1. The first-order chi connectivity index (χ1) is 14.4. The van der Waals surface area contributed by atoms with Crippen LogP contribution in [0, 0.1) is 17.8 Å². The molecule has 0 aliphatic heterocycles. The zero-order valence-corrected chi connectivity index (χ0v) is 19.4. The number of imidazole rings is 1. The standard InChI is InChI=1S/C25H29BrN2O2/c1-16(2)20-12-11-17(3)13-23(20)30-24(29)15-28-22-10-5-4-9-21(22)27-25(28)18-7-6-8-19(26)14-18/h4-10,14,16-17,20,23H,11-13,15H2,1-3H3/t17?,20?,23-/m1/s1. The average molecular weight is 469 g/mol. The van der Waals surface area contributed by atoms with Gasteiger partial charge in [-0.2, -0.15) is 0 Å². The fourth-order valence-electron chi connectivity index (χ4n) is 4.67. The van der Waals surface area contributed by atoms with Gasteiger partial charge in [0.25, 0.3) is 0 Å². The second-order valence-electron chi connectivity index (χ2n) is 8.88. The van der Waals surface area contributed by atoms with Crippen LogP contribution in [0.15, 0.2) is 53.0 Å². The molecule has 1 fully saturated rings. The van der Waals surface area contributed by atoms with Crippen molar-refractivity contribution < 1.29 is 9.53 Å². The molecule has 1 saturated carbocycles. The SMILES string of the molecule is CC1CCC(C(C)C)[C@H](OC(=O)Cn2c(-c3cccc(Br)c3)nc3ccccc32)C1. The van der Waals surface area contributed by atoms with Gasteiger partial charge in [-0.25, -0.2) is 4.98 Å². The zero-order valence-electron chi connectivity index (χ0n) is 17.8. The van der Waals surface area contributed by atoms with E-state index in [0.717, 1.165) is 39.7 Å². The topological polar surface area (TPSA) is 44.1 Å². The molecule has 0 spiro atoms. The third-order valence-corrected chi connectivity index (χ3v) is 6.76.